The first-order valence-corrected chi connectivity index (χ1v) is 6.13. The summed E-state index contributed by atoms with van der Waals surface area (Å²) in [5, 5.41) is 16.2. The van der Waals surface area contributed by atoms with Crippen molar-refractivity contribution in [1.82, 2.24) is 15.2 Å². The molecule has 0 aliphatic carbocycles. The summed E-state index contributed by atoms with van der Waals surface area (Å²) in [6, 6.07) is 6.80. The largest absolute Gasteiger partial charge is 0.508 e. The van der Waals surface area contributed by atoms with Crippen LogP contribution in [0.25, 0.3) is 0 Å². The summed E-state index contributed by atoms with van der Waals surface area (Å²) in [5.74, 6) is 1.79. The number of aryl methyl sites for hydroxylation is 1. The number of H-pyrrole nitrogens is 1. The average molecular weight is 246 g/mol. The van der Waals surface area contributed by atoms with Crippen molar-refractivity contribution in [2.75, 3.05) is 0 Å². The molecule has 0 aliphatic rings. The Labute approximate surface area is 106 Å². The highest BCUT2D eigenvalue weighted by Crippen LogP contribution is 2.15. The van der Waals surface area contributed by atoms with E-state index < -0.39 is 0 Å². The fourth-order valence-corrected chi connectivity index (χ4v) is 1.80. The molecule has 96 valence electrons. The number of phenols is 1. The van der Waals surface area contributed by atoms with Crippen LogP contribution in [0.15, 0.2) is 24.3 Å². The maximum Gasteiger partial charge on any atom is 0.167 e. The Morgan fingerprint density at radius 3 is 2.72 bits per heavy atom. The van der Waals surface area contributed by atoms with Crippen LogP contribution in [0.4, 0.5) is 0 Å². The van der Waals surface area contributed by atoms with Gasteiger partial charge in [0.05, 0.1) is 6.04 Å². The predicted octanol–water partition coefficient (Wildman–Crippen LogP) is 1.71. The van der Waals surface area contributed by atoms with E-state index in [0.717, 1.165) is 24.2 Å². The third-order valence-corrected chi connectivity index (χ3v) is 2.76. The van der Waals surface area contributed by atoms with Crippen LogP contribution in [0.3, 0.4) is 0 Å². The molecule has 4 N–H and O–H groups in total. The lowest BCUT2D eigenvalue weighted by Crippen LogP contribution is -2.15. The number of aromatic nitrogens is 3. The van der Waals surface area contributed by atoms with Gasteiger partial charge in [-0.25, -0.2) is 4.98 Å². The Kier molecular flexibility index (Phi) is 3.94. The Morgan fingerprint density at radius 1 is 1.33 bits per heavy atom. The topological polar surface area (TPSA) is 87.8 Å². The maximum atomic E-state index is 9.21. The molecule has 1 atom stereocenters. The van der Waals surface area contributed by atoms with Crippen LogP contribution in [-0.2, 0) is 12.8 Å². The van der Waals surface area contributed by atoms with E-state index in [1.165, 1.54) is 0 Å². The smallest absolute Gasteiger partial charge is 0.167 e. The van der Waals surface area contributed by atoms with Crippen molar-refractivity contribution in [1.29, 1.82) is 0 Å². The second-order valence-corrected chi connectivity index (χ2v) is 4.37. The third kappa shape index (κ3) is 3.07. The zero-order chi connectivity index (χ0) is 13.0. The van der Waals surface area contributed by atoms with Crippen LogP contribution in [0.2, 0.25) is 0 Å². The van der Waals surface area contributed by atoms with E-state index in [0.29, 0.717) is 12.2 Å². The SMILES string of the molecule is CCCc1nc([C@H](N)Cc2ccc(O)cc2)n[nH]1. The quantitative estimate of drug-likeness (QED) is 0.749. The minimum Gasteiger partial charge on any atom is -0.508 e. The zero-order valence-corrected chi connectivity index (χ0v) is 10.4. The lowest BCUT2D eigenvalue weighted by Gasteiger charge is -2.07. The average Bonchev–Trinajstić information content (AvgIpc) is 2.81. The molecule has 0 saturated heterocycles. The van der Waals surface area contributed by atoms with Gasteiger partial charge in [-0.3, -0.25) is 5.10 Å². The summed E-state index contributed by atoms with van der Waals surface area (Å²) in [6.45, 7) is 2.10. The van der Waals surface area contributed by atoms with Gasteiger partial charge >= 0.3 is 0 Å². The van der Waals surface area contributed by atoms with Crippen molar-refractivity contribution in [3.8, 4) is 5.75 Å². The predicted molar refractivity (Wildman–Crippen MR) is 69.1 cm³/mol. The molecule has 0 amide bonds. The van der Waals surface area contributed by atoms with Crippen LogP contribution in [0, 0.1) is 0 Å². The highest BCUT2D eigenvalue weighted by atomic mass is 16.3. The minimum atomic E-state index is -0.226. The number of nitrogens with one attached hydrogen (secondary N) is 1. The van der Waals surface area contributed by atoms with Gasteiger partial charge in [0.15, 0.2) is 5.82 Å². The summed E-state index contributed by atoms with van der Waals surface area (Å²) < 4.78 is 0. The molecule has 0 bridgehead atoms. The normalized spacial score (nSPS) is 12.6. The fraction of sp³-hybridized carbons (Fsp3) is 0.385. The van der Waals surface area contributed by atoms with Crippen LogP contribution in [0.5, 0.6) is 5.75 Å². The van der Waals surface area contributed by atoms with E-state index in [1.807, 2.05) is 12.1 Å². The first-order valence-electron chi connectivity index (χ1n) is 6.13. The number of nitrogens with zero attached hydrogens (tertiary/aromatic N) is 2. The van der Waals surface area contributed by atoms with Crippen molar-refractivity contribution in [2.24, 2.45) is 5.73 Å². The van der Waals surface area contributed by atoms with Crippen LogP contribution >= 0.6 is 0 Å². The first-order chi connectivity index (χ1) is 8.69. The molecular weight excluding hydrogens is 228 g/mol. The summed E-state index contributed by atoms with van der Waals surface area (Å²) in [4.78, 5) is 4.37. The second kappa shape index (κ2) is 5.64. The second-order valence-electron chi connectivity index (χ2n) is 4.37. The number of rotatable bonds is 5. The van der Waals surface area contributed by atoms with Crippen molar-refractivity contribution in [3.63, 3.8) is 0 Å². The van der Waals surface area contributed by atoms with Gasteiger partial charge in [-0.1, -0.05) is 19.1 Å². The first kappa shape index (κ1) is 12.6. The number of aromatic amines is 1. The van der Waals surface area contributed by atoms with Crippen molar-refractivity contribution in [2.45, 2.75) is 32.2 Å². The van der Waals surface area contributed by atoms with Crippen LogP contribution < -0.4 is 5.73 Å². The van der Waals surface area contributed by atoms with E-state index in [4.69, 9.17) is 5.73 Å². The summed E-state index contributed by atoms with van der Waals surface area (Å²) >= 11 is 0. The van der Waals surface area contributed by atoms with Gasteiger partial charge in [-0.15, -0.1) is 0 Å². The van der Waals surface area contributed by atoms with Crippen LogP contribution in [0.1, 0.15) is 36.6 Å². The van der Waals surface area contributed by atoms with Gasteiger partial charge in [-0.05, 0) is 30.5 Å². The number of nitrogens with two attached hydrogens (primary N) is 1. The monoisotopic (exact) mass is 246 g/mol. The van der Waals surface area contributed by atoms with Gasteiger partial charge < -0.3 is 10.8 Å². The Balaban J connectivity index is 2.02. The Hall–Kier alpha value is -1.88. The highest BCUT2D eigenvalue weighted by Gasteiger charge is 2.12. The summed E-state index contributed by atoms with van der Waals surface area (Å²) in [5.41, 5.74) is 7.12. The molecule has 2 rings (SSSR count). The Bertz CT molecular complexity index is 492. The molecule has 18 heavy (non-hydrogen) atoms. The molecular formula is C13H18N4O. The number of phenolic OH excluding ortho intramolecular Hbond substituents is 1. The maximum absolute atomic E-state index is 9.21. The van der Waals surface area contributed by atoms with E-state index in [2.05, 4.69) is 22.1 Å². The van der Waals surface area contributed by atoms with Crippen molar-refractivity contribution >= 4 is 0 Å². The number of aromatic hydroxyl groups is 1. The molecule has 2 aromatic rings. The molecule has 5 nitrogen and oxygen atoms in total. The standard InChI is InChI=1S/C13H18N4O/c1-2-3-12-15-13(17-16-12)11(14)8-9-4-6-10(18)7-5-9/h4-7,11,18H,2-3,8,14H2,1H3,(H,15,16,17)/t11-/m1/s1. The molecule has 5 heteroatoms. The molecule has 0 fully saturated rings. The lowest BCUT2D eigenvalue weighted by molar-refractivity contribution is 0.475. The van der Waals surface area contributed by atoms with Crippen molar-refractivity contribution in [3.05, 3.63) is 41.5 Å². The molecule has 0 saturated carbocycles. The van der Waals surface area contributed by atoms with Gasteiger partial charge in [-0.2, -0.15) is 5.10 Å². The molecule has 0 spiro atoms. The molecule has 1 aromatic carbocycles. The van der Waals surface area contributed by atoms with Gasteiger partial charge in [0.25, 0.3) is 0 Å². The Morgan fingerprint density at radius 2 is 2.06 bits per heavy atom. The molecule has 0 aliphatic heterocycles. The minimum absolute atomic E-state index is 0.226. The highest BCUT2D eigenvalue weighted by molar-refractivity contribution is 5.26. The van der Waals surface area contributed by atoms with E-state index in [-0.39, 0.29) is 11.8 Å². The number of hydrogen-bond donors (Lipinski definition) is 3. The molecule has 0 radical (unpaired) electrons. The van der Waals surface area contributed by atoms with E-state index in [9.17, 15) is 5.11 Å². The summed E-state index contributed by atoms with van der Waals surface area (Å²) in [6.07, 6.45) is 2.57. The number of benzene rings is 1. The van der Waals surface area contributed by atoms with Gasteiger partial charge in [0.2, 0.25) is 0 Å². The molecule has 0 unspecified atom stereocenters. The van der Waals surface area contributed by atoms with Crippen molar-refractivity contribution < 1.29 is 5.11 Å². The molecule has 1 aromatic heterocycles. The fourth-order valence-electron chi connectivity index (χ4n) is 1.80. The van der Waals surface area contributed by atoms with Crippen LogP contribution in [-0.4, -0.2) is 20.3 Å². The zero-order valence-electron chi connectivity index (χ0n) is 10.4. The van der Waals surface area contributed by atoms with Gasteiger partial charge in [0, 0.05) is 6.42 Å². The van der Waals surface area contributed by atoms with E-state index >= 15 is 0 Å². The molecule has 1 heterocycles. The third-order valence-electron chi connectivity index (χ3n) is 2.76. The summed E-state index contributed by atoms with van der Waals surface area (Å²) in [7, 11) is 0. The lowest BCUT2D eigenvalue weighted by atomic mass is 10.1. The van der Waals surface area contributed by atoms with E-state index in [1.54, 1.807) is 12.1 Å². The van der Waals surface area contributed by atoms with Gasteiger partial charge in [0.1, 0.15) is 11.6 Å². The number of hydrogen-bond acceptors (Lipinski definition) is 4.